The molecule has 24 heavy (non-hydrogen) atoms. The SMILES string of the molecule is CC[C@@H](CC(=O)C1=Nc2cc(OC)c3c(c2=C1)=CC(C)S3)C(=O)O. The van der Waals surface area contributed by atoms with Crippen molar-refractivity contribution in [1.82, 2.24) is 0 Å². The van der Waals surface area contributed by atoms with E-state index in [1.807, 2.05) is 6.07 Å². The van der Waals surface area contributed by atoms with Gasteiger partial charge in [0, 0.05) is 23.0 Å². The summed E-state index contributed by atoms with van der Waals surface area (Å²) in [6.45, 7) is 3.88. The van der Waals surface area contributed by atoms with Crippen LogP contribution in [0.3, 0.4) is 0 Å². The Hall–Kier alpha value is -2.08. The van der Waals surface area contributed by atoms with Crippen LogP contribution in [0.1, 0.15) is 26.7 Å². The van der Waals surface area contributed by atoms with Crippen LogP contribution in [-0.4, -0.2) is 34.9 Å². The summed E-state index contributed by atoms with van der Waals surface area (Å²) in [5, 5.41) is 11.5. The average molecular weight is 345 g/mol. The highest BCUT2D eigenvalue weighted by Gasteiger charge is 2.25. The lowest BCUT2D eigenvalue weighted by Crippen LogP contribution is -2.26. The normalized spacial score (nSPS) is 18.8. The van der Waals surface area contributed by atoms with Crippen molar-refractivity contribution >= 4 is 47.1 Å². The van der Waals surface area contributed by atoms with Gasteiger partial charge in [0.1, 0.15) is 11.5 Å². The molecule has 0 aliphatic carbocycles. The number of carbonyl (C=O) groups excluding carboxylic acids is 1. The third-order valence-corrected chi connectivity index (χ3v) is 5.47. The van der Waals surface area contributed by atoms with Gasteiger partial charge in [-0.3, -0.25) is 9.59 Å². The van der Waals surface area contributed by atoms with Crippen LogP contribution < -0.4 is 15.2 Å². The zero-order valence-electron chi connectivity index (χ0n) is 13.8. The second-order valence-corrected chi connectivity index (χ2v) is 7.34. The molecular weight excluding hydrogens is 326 g/mol. The number of Topliss-reactive ketones (excluding diaryl/α,β-unsaturated/α-hetero) is 1. The maximum absolute atomic E-state index is 12.4. The molecule has 0 aromatic heterocycles. The molecule has 0 bridgehead atoms. The Bertz CT molecular complexity index is 872. The molecule has 0 spiro atoms. The van der Waals surface area contributed by atoms with Gasteiger partial charge in [-0.2, -0.15) is 0 Å². The van der Waals surface area contributed by atoms with Gasteiger partial charge in [-0.1, -0.05) is 13.0 Å². The van der Waals surface area contributed by atoms with Gasteiger partial charge in [0.2, 0.25) is 0 Å². The molecule has 2 aliphatic heterocycles. The van der Waals surface area contributed by atoms with Crippen molar-refractivity contribution in [1.29, 1.82) is 0 Å². The molecule has 1 aromatic carbocycles. The summed E-state index contributed by atoms with van der Waals surface area (Å²) < 4.78 is 5.45. The van der Waals surface area contributed by atoms with Crippen molar-refractivity contribution in [3.63, 3.8) is 0 Å². The molecule has 126 valence electrons. The fraction of sp³-hybridized carbons (Fsp3) is 0.389. The van der Waals surface area contributed by atoms with E-state index in [1.165, 1.54) is 0 Å². The van der Waals surface area contributed by atoms with E-state index in [2.05, 4.69) is 18.0 Å². The first-order chi connectivity index (χ1) is 11.4. The molecule has 2 atom stereocenters. The molecule has 1 N–H and O–H groups in total. The number of rotatable bonds is 6. The molecule has 1 aromatic rings. The molecule has 1 unspecified atom stereocenters. The van der Waals surface area contributed by atoms with Crippen LogP contribution >= 0.6 is 11.8 Å². The molecule has 2 heterocycles. The predicted octanol–water partition coefficient (Wildman–Crippen LogP) is 1.91. The Kier molecular flexibility index (Phi) is 4.49. The Morgan fingerprint density at radius 2 is 2.17 bits per heavy atom. The quantitative estimate of drug-likeness (QED) is 0.852. The van der Waals surface area contributed by atoms with E-state index >= 15 is 0 Å². The number of hydrogen-bond donors (Lipinski definition) is 1. The van der Waals surface area contributed by atoms with Gasteiger partial charge in [0.15, 0.2) is 5.78 Å². The number of carboxylic acid groups (broad SMARTS) is 1. The van der Waals surface area contributed by atoms with Crippen molar-refractivity contribution in [2.45, 2.75) is 36.8 Å². The maximum atomic E-state index is 12.4. The van der Waals surface area contributed by atoms with Crippen LogP contribution in [0.4, 0.5) is 5.69 Å². The number of ether oxygens (including phenoxy) is 1. The molecule has 0 saturated heterocycles. The third kappa shape index (κ3) is 2.86. The summed E-state index contributed by atoms with van der Waals surface area (Å²) in [5.41, 5.74) is 1.04. The van der Waals surface area contributed by atoms with Crippen molar-refractivity contribution in [3.8, 4) is 5.75 Å². The zero-order valence-corrected chi connectivity index (χ0v) is 14.6. The van der Waals surface area contributed by atoms with Gasteiger partial charge < -0.3 is 9.84 Å². The van der Waals surface area contributed by atoms with Crippen LogP contribution in [0.15, 0.2) is 16.0 Å². The minimum absolute atomic E-state index is 0.0245. The van der Waals surface area contributed by atoms with Crippen LogP contribution in [0.25, 0.3) is 12.2 Å². The van der Waals surface area contributed by atoms with Gasteiger partial charge in [-0.15, -0.1) is 11.8 Å². The molecule has 6 heteroatoms. The number of nitrogens with zero attached hydrogens (tertiary/aromatic N) is 1. The second kappa shape index (κ2) is 6.43. The number of methoxy groups -OCH3 is 1. The highest BCUT2D eigenvalue weighted by atomic mass is 32.2. The number of thioether (sulfide) groups is 1. The van der Waals surface area contributed by atoms with E-state index in [-0.39, 0.29) is 12.2 Å². The Labute approximate surface area is 144 Å². The molecule has 0 radical (unpaired) electrons. The van der Waals surface area contributed by atoms with Crippen LogP contribution in [0.5, 0.6) is 5.75 Å². The first kappa shape index (κ1) is 16.8. The molecule has 5 nitrogen and oxygen atoms in total. The Balaban J connectivity index is 1.99. The maximum Gasteiger partial charge on any atom is 0.306 e. The van der Waals surface area contributed by atoms with Gasteiger partial charge in [0.05, 0.1) is 23.6 Å². The molecule has 0 fully saturated rings. The number of aliphatic carboxylic acids is 1. The van der Waals surface area contributed by atoms with E-state index in [0.29, 0.717) is 23.1 Å². The number of hydrogen-bond acceptors (Lipinski definition) is 5. The molecule has 0 amide bonds. The Morgan fingerprint density at radius 1 is 1.42 bits per heavy atom. The number of carbonyl (C=O) groups is 2. The number of aliphatic imine (C=N–C) groups is 1. The molecule has 0 saturated carbocycles. The van der Waals surface area contributed by atoms with Gasteiger partial charge in [-0.05, 0) is 24.6 Å². The summed E-state index contributed by atoms with van der Waals surface area (Å²) in [5.74, 6) is -1.08. The van der Waals surface area contributed by atoms with E-state index in [1.54, 1.807) is 31.9 Å². The fourth-order valence-electron chi connectivity index (χ4n) is 2.97. The zero-order chi connectivity index (χ0) is 17.4. The predicted molar refractivity (Wildman–Crippen MR) is 94.6 cm³/mol. The van der Waals surface area contributed by atoms with Gasteiger partial charge in [-0.25, -0.2) is 4.99 Å². The average Bonchev–Trinajstić information content (AvgIpc) is 3.13. The highest BCUT2D eigenvalue weighted by molar-refractivity contribution is 8.00. The van der Waals surface area contributed by atoms with Crippen molar-refractivity contribution in [3.05, 3.63) is 16.5 Å². The summed E-state index contributed by atoms with van der Waals surface area (Å²) >= 11 is 1.72. The topological polar surface area (TPSA) is 76.0 Å². The first-order valence-electron chi connectivity index (χ1n) is 7.90. The summed E-state index contributed by atoms with van der Waals surface area (Å²) in [6, 6.07) is 1.85. The van der Waals surface area contributed by atoms with Crippen molar-refractivity contribution in [2.75, 3.05) is 7.11 Å². The first-order valence-corrected chi connectivity index (χ1v) is 8.78. The lowest BCUT2D eigenvalue weighted by Gasteiger charge is -2.07. The van der Waals surface area contributed by atoms with Crippen LogP contribution in [0.2, 0.25) is 0 Å². The molecule has 3 rings (SSSR count). The molecule has 2 aliphatic rings. The standard InChI is InChI=1S/C18H19NO4S/c1-4-10(18(21)22)6-15(20)14-7-11-12-5-9(2)24-17(12)16(23-3)8-13(11)19-14/h5,7-10H,4,6H2,1-3H3,(H,21,22)/t9?,10-/m0/s1. The van der Waals surface area contributed by atoms with Crippen LogP contribution in [0, 0.1) is 5.92 Å². The monoisotopic (exact) mass is 345 g/mol. The second-order valence-electron chi connectivity index (χ2n) is 5.96. The lowest BCUT2D eigenvalue weighted by molar-refractivity contribution is -0.143. The lowest BCUT2D eigenvalue weighted by atomic mass is 9.97. The van der Waals surface area contributed by atoms with E-state index in [4.69, 9.17) is 9.84 Å². The van der Waals surface area contributed by atoms with Gasteiger partial charge in [0.25, 0.3) is 0 Å². The Morgan fingerprint density at radius 3 is 2.79 bits per heavy atom. The summed E-state index contributed by atoms with van der Waals surface area (Å²) in [4.78, 5) is 29.1. The highest BCUT2D eigenvalue weighted by Crippen LogP contribution is 2.35. The largest absolute Gasteiger partial charge is 0.495 e. The summed E-state index contributed by atoms with van der Waals surface area (Å²) in [7, 11) is 1.62. The number of ketones is 1. The van der Waals surface area contributed by atoms with E-state index in [9.17, 15) is 9.59 Å². The van der Waals surface area contributed by atoms with Gasteiger partial charge >= 0.3 is 5.97 Å². The third-order valence-electron chi connectivity index (χ3n) is 4.31. The summed E-state index contributed by atoms with van der Waals surface area (Å²) in [6.07, 6.45) is 4.32. The van der Waals surface area contributed by atoms with Crippen molar-refractivity contribution in [2.24, 2.45) is 10.9 Å². The number of benzene rings is 1. The number of carboxylic acids is 1. The molecular formula is C18H19NO4S. The van der Waals surface area contributed by atoms with Crippen LogP contribution in [-0.2, 0) is 9.59 Å². The van der Waals surface area contributed by atoms with E-state index < -0.39 is 11.9 Å². The smallest absolute Gasteiger partial charge is 0.306 e. The minimum atomic E-state index is -0.942. The minimum Gasteiger partial charge on any atom is -0.495 e. The fourth-order valence-corrected chi connectivity index (χ4v) is 4.11. The van der Waals surface area contributed by atoms with E-state index in [0.717, 1.165) is 21.1 Å². The number of fused-ring (bicyclic) bond motifs is 3. The van der Waals surface area contributed by atoms with Crippen molar-refractivity contribution < 1.29 is 19.4 Å².